The number of fused-ring (bicyclic) bond motifs is 15. The number of morpholine rings is 1. The molecule has 13 rings (SSSR count). The summed E-state index contributed by atoms with van der Waals surface area (Å²) in [6.07, 6.45) is -11.9. The van der Waals surface area contributed by atoms with Crippen LogP contribution in [0.2, 0.25) is 0 Å². The summed E-state index contributed by atoms with van der Waals surface area (Å²) in [6, 6.07) is 0.851. The molecule has 12 bridgehead atoms. The number of nitrogens with one attached hydrogen (secondary N) is 5. The largest absolute Gasteiger partial charge is 0.506 e. The highest BCUT2D eigenvalue weighted by Crippen LogP contribution is 2.43. The Balaban J connectivity index is 0.00000151. The molecular formula is C67H71F3N14O20S5. The van der Waals surface area contributed by atoms with Crippen molar-refractivity contribution in [1.82, 2.24) is 71.0 Å². The summed E-state index contributed by atoms with van der Waals surface area (Å²) in [6.45, 7) is 8.35. The van der Waals surface area contributed by atoms with E-state index in [4.69, 9.17) is 58.0 Å². The Morgan fingerprint density at radius 2 is 1.50 bits per heavy atom. The van der Waals surface area contributed by atoms with Gasteiger partial charge < -0.3 is 90.3 Å². The number of aliphatic hydroxyl groups is 2. The van der Waals surface area contributed by atoms with Gasteiger partial charge in [-0.15, -0.1) is 56.7 Å². The van der Waals surface area contributed by atoms with E-state index in [0.717, 1.165) is 76.3 Å². The van der Waals surface area contributed by atoms with Crippen LogP contribution in [0.3, 0.4) is 0 Å². The smallest absolute Gasteiger partial charge is 0.490 e. The summed E-state index contributed by atoms with van der Waals surface area (Å²) in [5.41, 5.74) is -2.09. The zero-order valence-electron chi connectivity index (χ0n) is 58.7. The first-order valence-electron chi connectivity index (χ1n) is 33.4. The number of aliphatic hydroxyl groups excluding tert-OH is 1. The van der Waals surface area contributed by atoms with Crippen molar-refractivity contribution in [2.75, 3.05) is 67.2 Å². The van der Waals surface area contributed by atoms with E-state index in [1.807, 2.05) is 0 Å². The highest BCUT2D eigenvalue weighted by Gasteiger charge is 2.50. The second-order valence-electron chi connectivity index (χ2n) is 25.9. The number of carbonyl (C=O) groups excluding carboxylic acids is 7. The van der Waals surface area contributed by atoms with Crippen LogP contribution in [0.15, 0.2) is 56.9 Å². The fraction of sp³-hybridized carbons (Fsp3) is 0.433. The van der Waals surface area contributed by atoms with Crippen LogP contribution in [0.25, 0.3) is 49.3 Å². The molecule has 0 spiro atoms. The number of ether oxygens (including phenoxy) is 7. The molecule has 5 amide bonds. The zero-order chi connectivity index (χ0) is 78.1. The summed E-state index contributed by atoms with van der Waals surface area (Å²) in [5, 5.41) is 76.2. The summed E-state index contributed by atoms with van der Waals surface area (Å²) < 4.78 is 75.6. The Morgan fingerprint density at radius 3 is 2.19 bits per heavy atom. The second kappa shape index (κ2) is 32.9. The van der Waals surface area contributed by atoms with Crippen LogP contribution in [-0.4, -0.2) is 239 Å². The molecule has 7 aromatic heterocycles. The number of aliphatic carboxylic acids is 1. The van der Waals surface area contributed by atoms with Gasteiger partial charge in [0.25, 0.3) is 23.6 Å². The topological polar surface area (TPSA) is 451 Å². The van der Waals surface area contributed by atoms with Crippen molar-refractivity contribution >= 4 is 121 Å². The second-order valence-corrected chi connectivity index (χ2v) is 30.3. The molecule has 42 heteroatoms. The number of alkyl halides is 3. The Bertz CT molecular complexity index is 4830. The van der Waals surface area contributed by atoms with E-state index in [1.54, 1.807) is 50.4 Å². The first-order valence-corrected chi connectivity index (χ1v) is 37.8. The average molecular weight is 1610 g/mol. The van der Waals surface area contributed by atoms with Crippen LogP contribution in [-0.2, 0) is 60.8 Å². The third-order valence-corrected chi connectivity index (χ3v) is 22.5. The lowest BCUT2D eigenvalue weighted by Crippen LogP contribution is -2.62. The van der Waals surface area contributed by atoms with Crippen molar-refractivity contribution in [1.29, 1.82) is 0 Å². The Labute approximate surface area is 636 Å². The molecule has 580 valence electrons. The van der Waals surface area contributed by atoms with Crippen molar-refractivity contribution in [3.8, 4) is 38.4 Å². The SMILES string of the molecule is CO/C(C)=C1/NC(=O)[C@H]([C@@H](C)O)NC(=O)c2csc(n2)-c2cc(O)c(-c3nc(C(=O)NCCCN4CCOCC4)cs3)nc2-c2csc(n2)[C@@H]2COC(=O)c3c4c5c(cccc5n3O)COC(=O)[C@@H](O[C@H]3C[C@](C)(O)[C@H](N(C)C)[C@H](C)O3)[C@@H](OC4)[C@H](NC(=O)c3csc1n3)c1nc(cs1)C(=O)N2.O=C(O)C(F)(F)F. The van der Waals surface area contributed by atoms with Crippen molar-refractivity contribution in [2.24, 2.45) is 0 Å². The number of methoxy groups -OCH3 is 1. The number of cyclic esters (lactones) is 2. The van der Waals surface area contributed by atoms with Gasteiger partial charge in [-0.2, -0.15) is 17.9 Å². The molecule has 5 aliphatic heterocycles. The number of nitrogens with zero attached hydrogens (tertiary/aromatic N) is 9. The van der Waals surface area contributed by atoms with Crippen LogP contribution in [0.1, 0.15) is 131 Å². The molecule has 1 aromatic carbocycles. The standard InChI is InChI=1S/C65H70N14O18S5.C2HF3O2/c1-28(80)44-57(86)75-45(29(2)91-7)60-71-39(27-100-60)56(85)76-48-50-51(97-42-19-65(4,89)52(77(5)6)30(3)96-42)64(88)94-20-31-10-8-11-40-43(31)33(21-93-50)49(79(40)90)63(87)95-22-34(67-54(83)37-26-102-62(48)72-37)59-68-35(23-99-59)46-32(58-69-38(25-98-58)55(84)74-44)18-41(81)47(73-46)61-70-36(24-101-61)53(82)66-12-9-13-78-14-16-92-17-15-78;3-2(4,5)1(6)7/h8,10-11,18,23-28,30,34,42,44,48,50-52,80-81,89-90H,9,12-17,19-22H2,1-7H3,(H,66,82)(H,67,83)(H,74,84)(H,75,86)(H,76,85);(H,6,7)/b45-29+;/t28-,30+,34+,42+,44+,48+,50+,51+,52-,65+;/m1./s1. The lowest BCUT2D eigenvalue weighted by Gasteiger charge is -2.48. The molecular weight excluding hydrogens is 1540 g/mol. The number of aromatic nitrogens is 7. The number of aromatic hydroxyl groups is 1. The summed E-state index contributed by atoms with van der Waals surface area (Å²) in [7, 11) is 4.87. The van der Waals surface area contributed by atoms with E-state index in [9.17, 15) is 48.1 Å². The van der Waals surface area contributed by atoms with E-state index in [2.05, 4.69) is 46.4 Å². The van der Waals surface area contributed by atoms with E-state index in [0.29, 0.717) is 36.5 Å². The van der Waals surface area contributed by atoms with E-state index in [1.165, 1.54) is 54.6 Å². The highest BCUT2D eigenvalue weighted by molar-refractivity contribution is 7.14. The molecule has 109 heavy (non-hydrogen) atoms. The highest BCUT2D eigenvalue weighted by atomic mass is 32.1. The number of thiazole rings is 5. The average Bonchev–Trinajstić information content (AvgIpc) is 1.59. The Hall–Kier alpha value is -9.57. The van der Waals surface area contributed by atoms with Gasteiger partial charge >= 0.3 is 24.1 Å². The first kappa shape index (κ1) is 79.0. The number of esters is 2. The van der Waals surface area contributed by atoms with Crippen molar-refractivity contribution in [3.63, 3.8) is 0 Å². The number of allylic oxidation sites excluding steroid dienone is 1. The molecule has 0 aliphatic carbocycles. The maximum Gasteiger partial charge on any atom is 0.490 e. The van der Waals surface area contributed by atoms with Gasteiger partial charge in [0, 0.05) is 69.5 Å². The predicted octanol–water partition coefficient (Wildman–Crippen LogP) is 5.25. The molecule has 5 aliphatic rings. The maximum atomic E-state index is 15.2. The van der Waals surface area contributed by atoms with Gasteiger partial charge in [0.2, 0.25) is 5.91 Å². The van der Waals surface area contributed by atoms with Gasteiger partial charge in [-0.25, -0.2) is 44.3 Å². The third kappa shape index (κ3) is 17.2. The van der Waals surface area contributed by atoms with Crippen LogP contribution >= 0.6 is 56.7 Å². The predicted molar refractivity (Wildman–Crippen MR) is 382 cm³/mol. The van der Waals surface area contributed by atoms with Crippen LogP contribution in [0, 0.1) is 0 Å². The number of carboxylic acid groups (broad SMARTS) is 1. The lowest BCUT2D eigenvalue weighted by molar-refractivity contribution is -0.280. The number of benzene rings is 1. The van der Waals surface area contributed by atoms with Crippen molar-refractivity contribution in [3.05, 3.63) is 112 Å². The van der Waals surface area contributed by atoms with Crippen molar-refractivity contribution < 1.29 is 110 Å². The summed E-state index contributed by atoms with van der Waals surface area (Å²) in [5.74, 6) is -9.38. The number of carboxylic acids is 1. The number of pyridine rings is 1. The lowest BCUT2D eigenvalue weighted by atomic mass is 9.85. The molecule has 10 N–H and O–H groups in total. The third-order valence-electron chi connectivity index (χ3n) is 18.0. The number of carbonyl (C=O) groups is 8. The van der Waals surface area contributed by atoms with Crippen LogP contribution < -0.4 is 26.6 Å². The van der Waals surface area contributed by atoms with E-state index in [-0.39, 0.29) is 105 Å². The van der Waals surface area contributed by atoms with Gasteiger partial charge in [-0.05, 0) is 72.5 Å². The minimum Gasteiger partial charge on any atom is -0.506 e. The number of halogens is 3. The minimum atomic E-state index is -5.08. The van der Waals surface area contributed by atoms with Gasteiger partial charge in [-0.3, -0.25) is 28.9 Å². The molecule has 2 saturated heterocycles. The van der Waals surface area contributed by atoms with E-state index < -0.39 is 145 Å². The normalized spacial score (nSPS) is 23.9. The van der Waals surface area contributed by atoms with Gasteiger partial charge in [-0.1, -0.05) is 12.1 Å². The summed E-state index contributed by atoms with van der Waals surface area (Å²) >= 11 is 4.74. The van der Waals surface area contributed by atoms with Gasteiger partial charge in [0.1, 0.15) is 120 Å². The molecule has 0 radical (unpaired) electrons. The first-order chi connectivity index (χ1) is 51.9. The molecule has 34 nitrogen and oxygen atoms in total. The molecule has 8 aromatic rings. The molecule has 0 saturated carbocycles. The fourth-order valence-electron chi connectivity index (χ4n) is 12.9. The Morgan fingerprint density at radius 1 is 0.844 bits per heavy atom. The molecule has 2 fully saturated rings. The van der Waals surface area contributed by atoms with Crippen LogP contribution in [0.5, 0.6) is 5.75 Å². The van der Waals surface area contributed by atoms with Gasteiger partial charge in [0.15, 0.2) is 18.1 Å². The Kier molecular flexibility index (Phi) is 23.9. The number of hydrogen-bond donors (Lipinski definition) is 10. The number of rotatable bonds is 11. The quantitative estimate of drug-likeness (QED) is 0.0342. The number of likely N-dealkylation sites (N-methyl/N-ethyl adjacent to an activating group) is 1. The molecule has 12 heterocycles. The van der Waals surface area contributed by atoms with Gasteiger partial charge in [0.05, 0.1) is 56.3 Å². The monoisotopic (exact) mass is 1610 g/mol. The van der Waals surface area contributed by atoms with Crippen molar-refractivity contribution in [2.45, 2.75) is 120 Å². The minimum absolute atomic E-state index is 0.00191. The number of hydrogen-bond acceptors (Lipinski definition) is 32. The maximum absolute atomic E-state index is 15.2. The van der Waals surface area contributed by atoms with Crippen LogP contribution in [0.4, 0.5) is 13.2 Å². The zero-order valence-corrected chi connectivity index (χ0v) is 62.8. The van der Waals surface area contributed by atoms with E-state index >= 15 is 19.2 Å². The molecule has 0 unspecified atom stereocenters. The molecule has 10 atom stereocenters. The summed E-state index contributed by atoms with van der Waals surface area (Å²) in [4.78, 5) is 144. The number of amides is 5. The fourth-order valence-corrected chi connectivity index (χ4v) is 17.1.